The lowest BCUT2D eigenvalue weighted by molar-refractivity contribution is -0.140. The number of anilines is 1. The molecule has 0 unspecified atom stereocenters. The summed E-state index contributed by atoms with van der Waals surface area (Å²) in [7, 11) is -4.15. The molecule has 2 amide bonds. The molecule has 0 aliphatic rings. The number of nitrogens with one attached hydrogen (secondary N) is 1. The smallest absolute Gasteiger partial charge is 0.264 e. The molecule has 4 rings (SSSR count). The lowest BCUT2D eigenvalue weighted by Gasteiger charge is -2.34. The van der Waals surface area contributed by atoms with E-state index in [0.717, 1.165) is 43.0 Å². The molecule has 9 heteroatoms. The summed E-state index contributed by atoms with van der Waals surface area (Å²) < 4.78 is 30.5. The molecule has 45 heavy (non-hydrogen) atoms. The molecule has 1 atom stereocenters. The second-order valence-corrected chi connectivity index (χ2v) is 14.1. The normalized spacial score (nSPS) is 11.9. The van der Waals surface area contributed by atoms with Gasteiger partial charge in [-0.1, -0.05) is 89.1 Å². The van der Waals surface area contributed by atoms with Crippen LogP contribution in [0.5, 0.6) is 0 Å². The van der Waals surface area contributed by atoms with Gasteiger partial charge in [-0.25, -0.2) is 8.42 Å². The van der Waals surface area contributed by atoms with Crippen molar-refractivity contribution in [1.29, 1.82) is 0 Å². The van der Waals surface area contributed by atoms with Gasteiger partial charge in [-0.15, -0.1) is 0 Å². The fraction of sp³-hybridized carbons (Fsp3) is 0.278. The fourth-order valence-corrected chi connectivity index (χ4v) is 7.06. The summed E-state index contributed by atoms with van der Waals surface area (Å²) in [5.74, 6) is -0.777. The number of benzene rings is 4. The van der Waals surface area contributed by atoms with Crippen molar-refractivity contribution < 1.29 is 18.0 Å². The number of aryl methyl sites for hydroxylation is 3. The summed E-state index contributed by atoms with van der Waals surface area (Å²) in [4.78, 5) is 29.9. The Bertz CT molecular complexity index is 1710. The van der Waals surface area contributed by atoms with Crippen molar-refractivity contribution >= 4 is 43.5 Å². The number of sulfonamides is 1. The third-order valence-corrected chi connectivity index (χ3v) is 9.73. The number of carbonyl (C=O) groups is 2. The van der Waals surface area contributed by atoms with Gasteiger partial charge >= 0.3 is 0 Å². The Morgan fingerprint density at radius 3 is 2.07 bits per heavy atom. The molecule has 7 nitrogen and oxygen atoms in total. The number of amides is 2. The summed E-state index contributed by atoms with van der Waals surface area (Å²) in [5.41, 5.74) is 4.74. The van der Waals surface area contributed by atoms with Gasteiger partial charge in [0.05, 0.1) is 10.6 Å². The maximum absolute atomic E-state index is 14.6. The number of rotatable bonds is 13. The monoisotopic (exact) mass is 689 g/mol. The van der Waals surface area contributed by atoms with Crippen LogP contribution in [-0.4, -0.2) is 44.3 Å². The number of nitrogens with zero attached hydrogens (tertiary/aromatic N) is 2. The molecule has 0 aliphatic heterocycles. The Kier molecular flexibility index (Phi) is 11.6. The zero-order valence-electron chi connectivity index (χ0n) is 26.2. The zero-order valence-corrected chi connectivity index (χ0v) is 28.6. The first-order valence-corrected chi connectivity index (χ1v) is 17.2. The minimum Gasteiger partial charge on any atom is -0.354 e. The lowest BCUT2D eigenvalue weighted by Crippen LogP contribution is -2.53. The van der Waals surface area contributed by atoms with E-state index in [4.69, 9.17) is 0 Å². The van der Waals surface area contributed by atoms with E-state index in [0.29, 0.717) is 12.2 Å². The van der Waals surface area contributed by atoms with E-state index >= 15 is 0 Å². The first-order chi connectivity index (χ1) is 21.5. The van der Waals surface area contributed by atoms with Crippen LogP contribution in [0.4, 0.5) is 5.69 Å². The molecule has 0 spiro atoms. The van der Waals surface area contributed by atoms with Crippen molar-refractivity contribution in [2.75, 3.05) is 17.4 Å². The molecule has 4 aromatic rings. The molecule has 0 fully saturated rings. The van der Waals surface area contributed by atoms with Crippen LogP contribution < -0.4 is 9.62 Å². The Hall–Kier alpha value is -3.95. The van der Waals surface area contributed by atoms with Gasteiger partial charge in [0.15, 0.2) is 0 Å². The molecule has 0 saturated heterocycles. The molecule has 0 bridgehead atoms. The van der Waals surface area contributed by atoms with Crippen molar-refractivity contribution in [2.45, 2.75) is 58.0 Å². The van der Waals surface area contributed by atoms with Gasteiger partial charge < -0.3 is 10.2 Å². The maximum atomic E-state index is 14.6. The highest BCUT2D eigenvalue weighted by atomic mass is 79.9. The van der Waals surface area contributed by atoms with Gasteiger partial charge in [-0.05, 0) is 85.8 Å². The Morgan fingerprint density at radius 1 is 0.800 bits per heavy atom. The van der Waals surface area contributed by atoms with Crippen LogP contribution in [0.15, 0.2) is 106 Å². The van der Waals surface area contributed by atoms with Crippen LogP contribution >= 0.6 is 15.9 Å². The van der Waals surface area contributed by atoms with Crippen LogP contribution in [0, 0.1) is 20.8 Å². The molecule has 1 N–H and O–H groups in total. The van der Waals surface area contributed by atoms with Gasteiger partial charge in [0.25, 0.3) is 10.0 Å². The zero-order chi connectivity index (χ0) is 32.6. The Morgan fingerprint density at radius 2 is 1.44 bits per heavy atom. The van der Waals surface area contributed by atoms with Crippen LogP contribution in [0.25, 0.3) is 0 Å². The summed E-state index contributed by atoms with van der Waals surface area (Å²) >= 11 is 3.51. The minimum absolute atomic E-state index is 0.0834. The van der Waals surface area contributed by atoms with Crippen molar-refractivity contribution in [3.8, 4) is 0 Å². The summed E-state index contributed by atoms with van der Waals surface area (Å²) in [6.45, 7) is 7.72. The van der Waals surface area contributed by atoms with Crippen molar-refractivity contribution in [1.82, 2.24) is 10.2 Å². The maximum Gasteiger partial charge on any atom is 0.264 e. The molecular formula is C36H40BrN3O4S. The Balaban J connectivity index is 1.82. The standard InChI is InChI=1S/C36H40BrN3O4S/c1-5-18-38-36(42)34(23-29-10-7-6-8-11-29)39(24-30-12-9-13-31(37)22-30)35(41)25-40(32-20-27(3)19-28(4)21-32)45(43,44)33-16-14-26(2)15-17-33/h6-17,19-22,34H,5,18,23-25H2,1-4H3,(H,38,42)/t34-/m1/s1. The number of hydrogen-bond acceptors (Lipinski definition) is 4. The third-order valence-electron chi connectivity index (χ3n) is 7.44. The fourth-order valence-electron chi connectivity index (χ4n) is 5.21. The average Bonchev–Trinajstić information content (AvgIpc) is 3.00. The largest absolute Gasteiger partial charge is 0.354 e. The SMILES string of the molecule is CCCNC(=O)[C@@H](Cc1ccccc1)N(Cc1cccc(Br)c1)C(=O)CN(c1cc(C)cc(C)c1)S(=O)(=O)c1ccc(C)cc1. The molecule has 0 saturated carbocycles. The van der Waals surface area contributed by atoms with Crippen LogP contribution in [0.1, 0.15) is 41.2 Å². The van der Waals surface area contributed by atoms with Gasteiger partial charge in [0.2, 0.25) is 11.8 Å². The molecular weight excluding hydrogens is 650 g/mol. The van der Waals surface area contributed by atoms with E-state index in [1.54, 1.807) is 36.4 Å². The van der Waals surface area contributed by atoms with E-state index in [-0.39, 0.29) is 23.8 Å². The highest BCUT2D eigenvalue weighted by Crippen LogP contribution is 2.27. The van der Waals surface area contributed by atoms with Crippen LogP contribution in [0.2, 0.25) is 0 Å². The topological polar surface area (TPSA) is 86.8 Å². The van der Waals surface area contributed by atoms with Crippen LogP contribution in [0.3, 0.4) is 0 Å². The molecule has 4 aromatic carbocycles. The summed E-state index contributed by atoms with van der Waals surface area (Å²) in [5, 5.41) is 2.97. The van der Waals surface area contributed by atoms with Gasteiger partial charge in [0.1, 0.15) is 12.6 Å². The molecule has 236 valence electrons. The number of halogens is 1. The van der Waals surface area contributed by atoms with Crippen LogP contribution in [-0.2, 0) is 32.6 Å². The van der Waals surface area contributed by atoms with E-state index in [1.165, 1.54) is 4.90 Å². The minimum atomic E-state index is -4.15. The van der Waals surface area contributed by atoms with Crippen molar-refractivity contribution in [2.24, 2.45) is 0 Å². The molecule has 0 heterocycles. The summed E-state index contributed by atoms with van der Waals surface area (Å²) in [6.07, 6.45) is 1.00. The number of carbonyl (C=O) groups excluding carboxylic acids is 2. The number of hydrogen-bond donors (Lipinski definition) is 1. The Labute approximate surface area is 275 Å². The van der Waals surface area contributed by atoms with Crippen molar-refractivity contribution in [3.63, 3.8) is 0 Å². The molecule has 0 aliphatic carbocycles. The van der Waals surface area contributed by atoms with E-state index < -0.39 is 28.5 Å². The summed E-state index contributed by atoms with van der Waals surface area (Å²) in [6, 6.07) is 28.3. The highest BCUT2D eigenvalue weighted by molar-refractivity contribution is 9.10. The second-order valence-electron chi connectivity index (χ2n) is 11.3. The first-order valence-electron chi connectivity index (χ1n) is 15.0. The molecule has 0 radical (unpaired) electrons. The predicted octanol–water partition coefficient (Wildman–Crippen LogP) is 6.74. The highest BCUT2D eigenvalue weighted by Gasteiger charge is 2.34. The van der Waals surface area contributed by atoms with E-state index in [1.807, 2.05) is 88.4 Å². The third kappa shape index (κ3) is 9.05. The molecule has 0 aromatic heterocycles. The van der Waals surface area contributed by atoms with E-state index in [9.17, 15) is 18.0 Å². The first kappa shape index (κ1) is 33.9. The average molecular weight is 691 g/mol. The quantitative estimate of drug-likeness (QED) is 0.169. The van der Waals surface area contributed by atoms with Gasteiger partial charge in [-0.3, -0.25) is 13.9 Å². The van der Waals surface area contributed by atoms with Crippen molar-refractivity contribution in [3.05, 3.63) is 129 Å². The lowest BCUT2D eigenvalue weighted by atomic mass is 10.0. The predicted molar refractivity (Wildman–Crippen MR) is 184 cm³/mol. The second kappa shape index (κ2) is 15.4. The van der Waals surface area contributed by atoms with E-state index in [2.05, 4.69) is 21.2 Å². The van der Waals surface area contributed by atoms with Gasteiger partial charge in [0, 0.05) is 24.0 Å². The van der Waals surface area contributed by atoms with Gasteiger partial charge in [-0.2, -0.15) is 0 Å².